The fourth-order valence-electron chi connectivity index (χ4n) is 3.76. The lowest BCUT2D eigenvalue weighted by Crippen LogP contribution is -2.38. The number of aromatic nitrogens is 3. The summed E-state index contributed by atoms with van der Waals surface area (Å²) < 4.78 is 7.78. The zero-order valence-corrected chi connectivity index (χ0v) is 18.0. The molecular formula is C22H34N6O. The van der Waals surface area contributed by atoms with E-state index in [-0.39, 0.29) is 0 Å². The van der Waals surface area contributed by atoms with Gasteiger partial charge in [-0.2, -0.15) is 0 Å². The second-order valence-corrected chi connectivity index (χ2v) is 7.50. The van der Waals surface area contributed by atoms with Crippen molar-refractivity contribution in [2.45, 2.75) is 58.9 Å². The molecule has 7 heteroatoms. The number of aryl methyl sites for hydroxylation is 2. The van der Waals surface area contributed by atoms with Crippen molar-refractivity contribution in [3.05, 3.63) is 41.0 Å². The van der Waals surface area contributed by atoms with E-state index in [4.69, 9.17) is 9.73 Å². The maximum absolute atomic E-state index is 5.48. The fraction of sp³-hybridized carbons (Fsp3) is 0.591. The Hall–Kier alpha value is -2.57. The normalized spacial score (nSPS) is 14.2. The summed E-state index contributed by atoms with van der Waals surface area (Å²) in [4.78, 5) is 4.73. The van der Waals surface area contributed by atoms with Gasteiger partial charge in [-0.15, -0.1) is 10.2 Å². The van der Waals surface area contributed by atoms with Gasteiger partial charge in [-0.05, 0) is 44.7 Å². The minimum atomic E-state index is 0.696. The summed E-state index contributed by atoms with van der Waals surface area (Å²) in [5.74, 6) is 3.98. The molecule has 0 radical (unpaired) electrons. The van der Waals surface area contributed by atoms with Gasteiger partial charge in [0.1, 0.15) is 17.4 Å². The highest BCUT2D eigenvalue weighted by atomic mass is 16.5. The Labute approximate surface area is 174 Å². The van der Waals surface area contributed by atoms with Crippen LogP contribution in [0.3, 0.4) is 0 Å². The van der Waals surface area contributed by atoms with E-state index in [0.717, 1.165) is 62.3 Å². The first-order valence-electron chi connectivity index (χ1n) is 10.8. The standard InChI is InChI=1S/C22H34N6O/c1-4-23-22(24-13-11-18-16-17(2)9-10-19(18)29-3)25-14-12-21-27-26-20-8-6-5-7-15-28(20)21/h9-10,16H,4-8,11-15H2,1-3H3,(H2,23,24,25). The van der Waals surface area contributed by atoms with Crippen molar-refractivity contribution in [3.63, 3.8) is 0 Å². The van der Waals surface area contributed by atoms with Gasteiger partial charge in [0.2, 0.25) is 0 Å². The van der Waals surface area contributed by atoms with E-state index in [2.05, 4.69) is 51.4 Å². The van der Waals surface area contributed by atoms with E-state index < -0.39 is 0 Å². The molecule has 2 N–H and O–H groups in total. The Kier molecular flexibility index (Phi) is 7.90. The highest BCUT2D eigenvalue weighted by molar-refractivity contribution is 5.79. The van der Waals surface area contributed by atoms with Crippen LogP contribution in [0.4, 0.5) is 0 Å². The van der Waals surface area contributed by atoms with Crippen LogP contribution in [0, 0.1) is 6.92 Å². The Bertz CT molecular complexity index is 814. The number of rotatable bonds is 8. The second-order valence-electron chi connectivity index (χ2n) is 7.50. The molecule has 0 aliphatic carbocycles. The number of fused-ring (bicyclic) bond motifs is 1. The quantitative estimate of drug-likeness (QED) is 0.528. The molecule has 158 valence electrons. The fourth-order valence-corrected chi connectivity index (χ4v) is 3.76. The number of benzene rings is 1. The molecule has 0 amide bonds. The number of ether oxygens (including phenoxy) is 1. The lowest BCUT2D eigenvalue weighted by Gasteiger charge is -2.13. The molecule has 0 bridgehead atoms. The molecule has 2 heterocycles. The van der Waals surface area contributed by atoms with Gasteiger partial charge in [0, 0.05) is 39.0 Å². The average molecular weight is 399 g/mol. The lowest BCUT2D eigenvalue weighted by atomic mass is 10.1. The van der Waals surface area contributed by atoms with Gasteiger partial charge < -0.3 is 19.9 Å². The first kappa shape index (κ1) is 21.1. The van der Waals surface area contributed by atoms with Gasteiger partial charge in [-0.3, -0.25) is 4.99 Å². The van der Waals surface area contributed by atoms with E-state index >= 15 is 0 Å². The van der Waals surface area contributed by atoms with Crippen molar-refractivity contribution in [1.29, 1.82) is 0 Å². The third-order valence-electron chi connectivity index (χ3n) is 5.26. The summed E-state index contributed by atoms with van der Waals surface area (Å²) in [6.07, 6.45) is 6.46. The number of hydrogen-bond donors (Lipinski definition) is 2. The van der Waals surface area contributed by atoms with Crippen LogP contribution in [0.5, 0.6) is 5.75 Å². The molecule has 0 unspecified atom stereocenters. The molecule has 0 spiro atoms. The van der Waals surface area contributed by atoms with Crippen LogP contribution in [-0.4, -0.2) is 47.5 Å². The van der Waals surface area contributed by atoms with E-state index in [1.807, 2.05) is 6.07 Å². The summed E-state index contributed by atoms with van der Waals surface area (Å²) in [6.45, 7) is 7.55. The SMILES string of the molecule is CCNC(=NCCc1nnc2n1CCCCC2)NCCc1cc(C)ccc1OC. The van der Waals surface area contributed by atoms with Gasteiger partial charge in [0.05, 0.1) is 7.11 Å². The smallest absolute Gasteiger partial charge is 0.191 e. The molecule has 7 nitrogen and oxygen atoms in total. The molecule has 29 heavy (non-hydrogen) atoms. The zero-order chi connectivity index (χ0) is 20.5. The molecule has 2 aromatic rings. The highest BCUT2D eigenvalue weighted by Gasteiger charge is 2.14. The highest BCUT2D eigenvalue weighted by Crippen LogP contribution is 2.19. The Morgan fingerprint density at radius 1 is 1.17 bits per heavy atom. The summed E-state index contributed by atoms with van der Waals surface area (Å²) in [7, 11) is 1.72. The van der Waals surface area contributed by atoms with Gasteiger partial charge in [-0.1, -0.05) is 24.1 Å². The molecule has 0 atom stereocenters. The van der Waals surface area contributed by atoms with Crippen LogP contribution in [0.25, 0.3) is 0 Å². The van der Waals surface area contributed by atoms with E-state index in [1.54, 1.807) is 7.11 Å². The van der Waals surface area contributed by atoms with E-state index in [0.29, 0.717) is 6.54 Å². The van der Waals surface area contributed by atoms with Crippen molar-refractivity contribution in [1.82, 2.24) is 25.4 Å². The molecular weight excluding hydrogens is 364 g/mol. The van der Waals surface area contributed by atoms with Crippen LogP contribution in [0.15, 0.2) is 23.2 Å². The molecule has 0 fully saturated rings. The molecule has 1 aliphatic heterocycles. The van der Waals surface area contributed by atoms with Crippen molar-refractivity contribution in [3.8, 4) is 5.75 Å². The predicted molar refractivity (Wildman–Crippen MR) is 117 cm³/mol. The summed E-state index contributed by atoms with van der Waals surface area (Å²) in [5.41, 5.74) is 2.45. The number of hydrogen-bond acceptors (Lipinski definition) is 4. The van der Waals surface area contributed by atoms with Gasteiger partial charge in [0.25, 0.3) is 0 Å². The number of aliphatic imine (C=N–C) groups is 1. The largest absolute Gasteiger partial charge is 0.496 e. The van der Waals surface area contributed by atoms with Crippen LogP contribution < -0.4 is 15.4 Å². The number of methoxy groups -OCH3 is 1. The summed E-state index contributed by atoms with van der Waals surface area (Å²) in [6, 6.07) is 6.29. The molecule has 1 aromatic carbocycles. The van der Waals surface area contributed by atoms with Gasteiger partial charge in [-0.25, -0.2) is 0 Å². The van der Waals surface area contributed by atoms with Gasteiger partial charge in [0.15, 0.2) is 5.96 Å². The van der Waals surface area contributed by atoms with Crippen molar-refractivity contribution >= 4 is 5.96 Å². The Balaban J connectivity index is 1.54. The number of nitrogens with zero attached hydrogens (tertiary/aromatic N) is 4. The molecule has 1 aliphatic rings. The maximum Gasteiger partial charge on any atom is 0.191 e. The van der Waals surface area contributed by atoms with Crippen LogP contribution in [-0.2, 0) is 25.8 Å². The molecule has 0 saturated carbocycles. The predicted octanol–water partition coefficient (Wildman–Crippen LogP) is 2.66. The average Bonchev–Trinajstić information content (AvgIpc) is 2.94. The Morgan fingerprint density at radius 3 is 2.90 bits per heavy atom. The lowest BCUT2D eigenvalue weighted by molar-refractivity contribution is 0.409. The minimum absolute atomic E-state index is 0.696. The Morgan fingerprint density at radius 2 is 2.07 bits per heavy atom. The van der Waals surface area contributed by atoms with Crippen molar-refractivity contribution in [2.24, 2.45) is 4.99 Å². The van der Waals surface area contributed by atoms with Crippen LogP contribution in [0.1, 0.15) is 49.0 Å². The van der Waals surface area contributed by atoms with Crippen LogP contribution >= 0.6 is 0 Å². The van der Waals surface area contributed by atoms with E-state index in [9.17, 15) is 0 Å². The van der Waals surface area contributed by atoms with E-state index in [1.165, 1.54) is 30.4 Å². The third-order valence-corrected chi connectivity index (χ3v) is 5.26. The van der Waals surface area contributed by atoms with Crippen LogP contribution in [0.2, 0.25) is 0 Å². The number of nitrogens with one attached hydrogen (secondary N) is 2. The summed E-state index contributed by atoms with van der Waals surface area (Å²) in [5, 5.41) is 15.5. The second kappa shape index (κ2) is 10.8. The molecule has 0 saturated heterocycles. The first-order valence-corrected chi connectivity index (χ1v) is 10.8. The van der Waals surface area contributed by atoms with Crippen molar-refractivity contribution in [2.75, 3.05) is 26.7 Å². The van der Waals surface area contributed by atoms with Gasteiger partial charge >= 0.3 is 0 Å². The monoisotopic (exact) mass is 398 g/mol. The van der Waals surface area contributed by atoms with Crippen molar-refractivity contribution < 1.29 is 4.74 Å². The maximum atomic E-state index is 5.48. The topological polar surface area (TPSA) is 76.4 Å². The molecule has 3 rings (SSSR count). The minimum Gasteiger partial charge on any atom is -0.496 e. The zero-order valence-electron chi connectivity index (χ0n) is 18.0. The summed E-state index contributed by atoms with van der Waals surface area (Å²) >= 11 is 0. The third kappa shape index (κ3) is 5.95. The first-order chi connectivity index (χ1) is 14.2. The molecule has 1 aromatic heterocycles. The number of guanidine groups is 1.